The Balaban J connectivity index is 2.28. The van der Waals surface area contributed by atoms with Gasteiger partial charge >= 0.3 is 5.97 Å². The van der Waals surface area contributed by atoms with Crippen LogP contribution in [0.5, 0.6) is 0 Å². The van der Waals surface area contributed by atoms with Gasteiger partial charge in [0.25, 0.3) is 0 Å². The highest BCUT2D eigenvalue weighted by Gasteiger charge is 2.51. The summed E-state index contributed by atoms with van der Waals surface area (Å²) in [6.45, 7) is -0.881. The first kappa shape index (κ1) is 26.7. The van der Waals surface area contributed by atoms with E-state index in [9.17, 15) is 40.2 Å². The Labute approximate surface area is 182 Å². The summed E-state index contributed by atoms with van der Waals surface area (Å²) in [5.41, 5.74) is 5.41. The minimum atomic E-state index is -1.81. The van der Waals surface area contributed by atoms with Gasteiger partial charge in [-0.25, -0.2) is 0 Å². The summed E-state index contributed by atoms with van der Waals surface area (Å²) < 4.78 is 21.6. The summed E-state index contributed by atoms with van der Waals surface area (Å²) in [7, 11) is 0. The molecule has 1 amide bonds. The van der Waals surface area contributed by atoms with E-state index in [4.69, 9.17) is 29.8 Å². The van der Waals surface area contributed by atoms with Gasteiger partial charge in [0.1, 0.15) is 54.8 Å². The monoisotopic (exact) mass is 470 g/mol. The smallest absolute Gasteiger partial charge is 0.322 e. The number of carboxylic acid groups (broad SMARTS) is 1. The molecule has 2 aliphatic rings. The summed E-state index contributed by atoms with van der Waals surface area (Å²) in [6, 6.07) is -2.75. The zero-order chi connectivity index (χ0) is 24.2. The van der Waals surface area contributed by atoms with Crippen molar-refractivity contribution in [1.82, 2.24) is 5.32 Å². The minimum Gasteiger partial charge on any atom is -0.480 e. The highest BCUT2D eigenvalue weighted by atomic mass is 16.7. The molecule has 15 heteroatoms. The normalized spacial score (nSPS) is 41.1. The molecule has 0 saturated carbocycles. The maximum absolute atomic E-state index is 11.7. The van der Waals surface area contributed by atoms with Crippen LogP contribution in [0.2, 0.25) is 0 Å². The van der Waals surface area contributed by atoms with E-state index < -0.39 is 99.1 Å². The standard InChI is InChI=1S/C17H30N2O13/c1-5(22)19-9-14(32-17-13(26)12(25)10(23)7(2-20)31-17)11(24)8(3-21)30-16(9)29-4-6(18)15(27)28/h6-14,16-17,20-21,23-26H,2-4,18H2,1H3,(H,19,22)(H,27,28)/t6?,7-,8-,9-,10+,11+,12+,13-,14-,16+,17+/m1/s1. The van der Waals surface area contributed by atoms with Crippen LogP contribution in [0.3, 0.4) is 0 Å². The van der Waals surface area contributed by atoms with Crippen LogP contribution in [0.15, 0.2) is 0 Å². The van der Waals surface area contributed by atoms with Gasteiger partial charge in [0.05, 0.1) is 19.8 Å². The van der Waals surface area contributed by atoms with Crippen molar-refractivity contribution in [3.63, 3.8) is 0 Å². The van der Waals surface area contributed by atoms with Gasteiger partial charge in [0, 0.05) is 6.92 Å². The molecular formula is C17H30N2O13. The number of nitrogens with one attached hydrogen (secondary N) is 1. The van der Waals surface area contributed by atoms with Gasteiger partial charge in [0.15, 0.2) is 12.6 Å². The summed E-state index contributed by atoms with van der Waals surface area (Å²) >= 11 is 0. The number of carbonyl (C=O) groups is 2. The second-order valence-electron chi connectivity index (χ2n) is 7.52. The second kappa shape index (κ2) is 11.6. The second-order valence-corrected chi connectivity index (χ2v) is 7.52. The van der Waals surface area contributed by atoms with E-state index in [-0.39, 0.29) is 0 Å². The van der Waals surface area contributed by atoms with Crippen molar-refractivity contribution in [3.8, 4) is 0 Å². The number of amides is 1. The first-order chi connectivity index (χ1) is 15.0. The minimum absolute atomic E-state index is 0.558. The van der Waals surface area contributed by atoms with Crippen molar-refractivity contribution in [2.24, 2.45) is 5.73 Å². The Bertz CT molecular complexity index is 638. The van der Waals surface area contributed by atoms with Crippen LogP contribution in [-0.4, -0.2) is 135 Å². The van der Waals surface area contributed by atoms with Crippen molar-refractivity contribution >= 4 is 11.9 Å². The van der Waals surface area contributed by atoms with Crippen molar-refractivity contribution < 1.29 is 64.3 Å². The number of aliphatic carboxylic acids is 1. The maximum Gasteiger partial charge on any atom is 0.322 e. The average Bonchev–Trinajstić information content (AvgIpc) is 2.74. The number of hydrogen-bond donors (Lipinski definition) is 9. The first-order valence-electron chi connectivity index (χ1n) is 9.79. The van der Waals surface area contributed by atoms with Crippen LogP contribution >= 0.6 is 0 Å². The Kier molecular flexibility index (Phi) is 9.68. The van der Waals surface area contributed by atoms with Gasteiger partial charge in [0.2, 0.25) is 5.91 Å². The fraction of sp³-hybridized carbons (Fsp3) is 0.882. The largest absolute Gasteiger partial charge is 0.480 e. The molecule has 2 heterocycles. The van der Waals surface area contributed by atoms with Gasteiger partial charge in [-0.3, -0.25) is 9.59 Å². The Morgan fingerprint density at radius 2 is 1.53 bits per heavy atom. The fourth-order valence-electron chi connectivity index (χ4n) is 3.36. The first-order valence-corrected chi connectivity index (χ1v) is 9.79. The average molecular weight is 470 g/mol. The van der Waals surface area contributed by atoms with Gasteiger partial charge in [-0.05, 0) is 0 Å². The number of ether oxygens (including phenoxy) is 4. The molecule has 11 atom stereocenters. The quantitative estimate of drug-likeness (QED) is 0.152. The number of hydrogen-bond acceptors (Lipinski definition) is 13. The molecule has 32 heavy (non-hydrogen) atoms. The zero-order valence-corrected chi connectivity index (χ0v) is 17.1. The fourth-order valence-corrected chi connectivity index (χ4v) is 3.36. The maximum atomic E-state index is 11.7. The lowest BCUT2D eigenvalue weighted by Crippen LogP contribution is -2.68. The topological polar surface area (TPSA) is 251 Å². The summed E-state index contributed by atoms with van der Waals surface area (Å²) in [6.07, 6.45) is -14.1. The van der Waals surface area contributed by atoms with Crippen LogP contribution in [-0.2, 0) is 28.5 Å². The third kappa shape index (κ3) is 6.09. The molecule has 2 aliphatic heterocycles. The molecule has 0 bridgehead atoms. The molecule has 0 aromatic carbocycles. The molecule has 0 radical (unpaired) electrons. The van der Waals surface area contributed by atoms with Crippen molar-refractivity contribution in [2.75, 3.05) is 19.8 Å². The highest BCUT2D eigenvalue weighted by molar-refractivity contribution is 5.73. The summed E-state index contributed by atoms with van der Waals surface area (Å²) in [5.74, 6) is -1.99. The van der Waals surface area contributed by atoms with E-state index in [1.165, 1.54) is 0 Å². The third-order valence-electron chi connectivity index (χ3n) is 5.12. The number of carbonyl (C=O) groups excluding carboxylic acids is 1. The molecule has 0 aromatic rings. The van der Waals surface area contributed by atoms with Crippen LogP contribution in [0, 0.1) is 0 Å². The van der Waals surface area contributed by atoms with E-state index in [0.29, 0.717) is 0 Å². The lowest BCUT2D eigenvalue weighted by Gasteiger charge is -2.47. The van der Waals surface area contributed by atoms with Crippen LogP contribution in [0.4, 0.5) is 0 Å². The lowest BCUT2D eigenvalue weighted by molar-refractivity contribution is -0.344. The molecule has 0 spiro atoms. The Hall–Kier alpha value is -1.50. The van der Waals surface area contributed by atoms with Gasteiger partial charge < -0.3 is 65.7 Å². The summed E-state index contributed by atoms with van der Waals surface area (Å²) in [4.78, 5) is 22.7. The molecule has 0 aromatic heterocycles. The van der Waals surface area contributed by atoms with Crippen LogP contribution in [0.25, 0.3) is 0 Å². The number of rotatable bonds is 9. The van der Waals surface area contributed by atoms with Gasteiger partial charge in [-0.2, -0.15) is 0 Å². The Morgan fingerprint density at radius 1 is 0.969 bits per heavy atom. The molecule has 2 rings (SSSR count). The predicted octanol–water partition coefficient (Wildman–Crippen LogP) is -5.82. The molecule has 2 fully saturated rings. The third-order valence-corrected chi connectivity index (χ3v) is 5.12. The van der Waals surface area contributed by atoms with Gasteiger partial charge in [-0.15, -0.1) is 0 Å². The van der Waals surface area contributed by atoms with Crippen LogP contribution < -0.4 is 11.1 Å². The Morgan fingerprint density at radius 3 is 2.06 bits per heavy atom. The molecule has 2 saturated heterocycles. The van der Waals surface area contributed by atoms with Gasteiger partial charge in [-0.1, -0.05) is 0 Å². The molecule has 15 nitrogen and oxygen atoms in total. The SMILES string of the molecule is CC(=O)N[C@H]1[C@@H](OCC(N)C(=O)O)O[C@H](CO)[C@H](O)[C@@H]1O[C@@H]1O[C@H](CO)[C@H](O)[C@H](O)[C@H]1O. The lowest BCUT2D eigenvalue weighted by atomic mass is 9.95. The van der Waals surface area contributed by atoms with Crippen molar-refractivity contribution in [2.45, 2.75) is 74.3 Å². The molecule has 0 aliphatic carbocycles. The number of carboxylic acids is 1. The number of nitrogens with two attached hydrogens (primary N) is 1. The highest BCUT2D eigenvalue weighted by Crippen LogP contribution is 2.29. The number of aliphatic hydroxyl groups excluding tert-OH is 6. The zero-order valence-electron chi connectivity index (χ0n) is 17.1. The molecule has 1 unspecified atom stereocenters. The van der Waals surface area contributed by atoms with E-state index in [1.54, 1.807) is 0 Å². The van der Waals surface area contributed by atoms with Crippen molar-refractivity contribution in [3.05, 3.63) is 0 Å². The van der Waals surface area contributed by atoms with Crippen LogP contribution in [0.1, 0.15) is 6.92 Å². The van der Waals surface area contributed by atoms with E-state index in [1.807, 2.05) is 0 Å². The molecule has 186 valence electrons. The summed E-state index contributed by atoms with van der Waals surface area (Å²) in [5, 5.41) is 70.9. The van der Waals surface area contributed by atoms with E-state index in [0.717, 1.165) is 6.92 Å². The van der Waals surface area contributed by atoms with E-state index >= 15 is 0 Å². The molecular weight excluding hydrogens is 440 g/mol. The van der Waals surface area contributed by atoms with E-state index in [2.05, 4.69) is 5.32 Å². The van der Waals surface area contributed by atoms with Crippen molar-refractivity contribution in [1.29, 1.82) is 0 Å². The number of aliphatic hydroxyl groups is 6. The molecule has 10 N–H and O–H groups in total. The predicted molar refractivity (Wildman–Crippen MR) is 99.6 cm³/mol.